The Morgan fingerprint density at radius 2 is 1.52 bits per heavy atom. The van der Waals surface area contributed by atoms with Gasteiger partial charge in [0, 0.05) is 24.5 Å². The first-order valence-corrected chi connectivity index (χ1v) is 16.2. The van der Waals surface area contributed by atoms with E-state index < -0.39 is 34.3 Å². The lowest BCUT2D eigenvalue weighted by molar-refractivity contribution is -0.140. The molecule has 0 saturated heterocycles. The summed E-state index contributed by atoms with van der Waals surface area (Å²) in [5.41, 5.74) is 1.45. The maximum absolute atomic E-state index is 14.4. The molecule has 44 heavy (non-hydrogen) atoms. The Bertz CT molecular complexity index is 1690. The molecule has 11 heteroatoms. The SMILES string of the molecule is CCCNC(=O)C(Cc1ccccc1)N(Cc1cccc(Cl)c1)C(=O)CN(c1ccc(F)c(Cl)c1)S(=O)(=O)c1ccccc1. The van der Waals surface area contributed by atoms with E-state index in [0.29, 0.717) is 23.6 Å². The van der Waals surface area contributed by atoms with Gasteiger partial charge in [0.25, 0.3) is 10.0 Å². The molecule has 1 unspecified atom stereocenters. The normalized spacial score (nSPS) is 11.9. The number of nitrogens with zero attached hydrogens (tertiary/aromatic N) is 2. The first-order chi connectivity index (χ1) is 21.1. The third-order valence-corrected chi connectivity index (χ3v) is 9.18. The molecule has 0 bridgehead atoms. The number of hydrogen-bond acceptors (Lipinski definition) is 4. The number of hydrogen-bond donors (Lipinski definition) is 1. The van der Waals surface area contributed by atoms with Crippen LogP contribution in [0.4, 0.5) is 10.1 Å². The number of carbonyl (C=O) groups is 2. The van der Waals surface area contributed by atoms with Gasteiger partial charge in [0.05, 0.1) is 15.6 Å². The van der Waals surface area contributed by atoms with Crippen molar-refractivity contribution in [2.45, 2.75) is 37.2 Å². The standard InChI is InChI=1S/C33H32Cl2FN3O4S/c1-2-18-37-33(41)31(20-24-10-5-3-6-11-24)38(22-25-12-9-13-26(34)19-25)32(40)23-39(27-16-17-30(36)29(35)21-27)44(42,43)28-14-7-4-8-15-28/h3-17,19,21,31H,2,18,20,22-23H2,1H3,(H,37,41). The Labute approximate surface area is 267 Å². The minimum absolute atomic E-state index is 0.00801. The number of halogens is 3. The van der Waals surface area contributed by atoms with Gasteiger partial charge >= 0.3 is 0 Å². The molecule has 4 aromatic rings. The molecule has 0 fully saturated rings. The van der Waals surface area contributed by atoms with Crippen molar-refractivity contribution in [3.05, 3.63) is 130 Å². The van der Waals surface area contributed by atoms with Crippen LogP contribution in [-0.2, 0) is 32.6 Å². The molecule has 0 aliphatic carbocycles. The molecule has 0 heterocycles. The van der Waals surface area contributed by atoms with Crippen LogP contribution in [0, 0.1) is 5.82 Å². The lowest BCUT2D eigenvalue weighted by atomic mass is 10.0. The molecule has 7 nitrogen and oxygen atoms in total. The highest BCUT2D eigenvalue weighted by atomic mass is 35.5. The topological polar surface area (TPSA) is 86.8 Å². The van der Waals surface area contributed by atoms with E-state index in [9.17, 15) is 22.4 Å². The Kier molecular flexibility index (Phi) is 11.4. The molecule has 1 atom stereocenters. The minimum atomic E-state index is -4.33. The van der Waals surface area contributed by atoms with Crippen LogP contribution in [0.2, 0.25) is 10.0 Å². The summed E-state index contributed by atoms with van der Waals surface area (Å²) in [5, 5.41) is 3.03. The maximum atomic E-state index is 14.4. The number of nitrogens with one attached hydrogen (secondary N) is 1. The molecule has 230 valence electrons. The largest absolute Gasteiger partial charge is 0.354 e. The average molecular weight is 657 g/mol. The first kappa shape index (κ1) is 33.0. The fourth-order valence-corrected chi connectivity index (χ4v) is 6.46. The van der Waals surface area contributed by atoms with Crippen LogP contribution in [0.3, 0.4) is 0 Å². The summed E-state index contributed by atoms with van der Waals surface area (Å²) in [6.07, 6.45) is 0.858. The molecule has 0 saturated carbocycles. The second-order valence-corrected chi connectivity index (χ2v) is 12.8. The molecule has 0 aromatic heterocycles. The highest BCUT2D eigenvalue weighted by molar-refractivity contribution is 7.92. The maximum Gasteiger partial charge on any atom is 0.264 e. The monoisotopic (exact) mass is 655 g/mol. The van der Waals surface area contributed by atoms with Crippen LogP contribution in [-0.4, -0.2) is 44.3 Å². The van der Waals surface area contributed by atoms with Gasteiger partial charge in [-0.25, -0.2) is 12.8 Å². The molecule has 0 spiro atoms. The highest BCUT2D eigenvalue weighted by Crippen LogP contribution is 2.28. The summed E-state index contributed by atoms with van der Waals surface area (Å²) in [4.78, 5) is 29.3. The van der Waals surface area contributed by atoms with Crippen molar-refractivity contribution in [1.29, 1.82) is 0 Å². The first-order valence-electron chi connectivity index (χ1n) is 14.0. The van der Waals surface area contributed by atoms with E-state index in [1.54, 1.807) is 42.5 Å². The summed E-state index contributed by atoms with van der Waals surface area (Å²) in [6, 6.07) is 26.2. The van der Waals surface area contributed by atoms with Gasteiger partial charge in [0.1, 0.15) is 18.4 Å². The lowest BCUT2D eigenvalue weighted by Gasteiger charge is -2.34. The minimum Gasteiger partial charge on any atom is -0.354 e. The van der Waals surface area contributed by atoms with Crippen LogP contribution in [0.15, 0.2) is 108 Å². The summed E-state index contributed by atoms with van der Waals surface area (Å²) in [6.45, 7) is 1.60. The van der Waals surface area contributed by atoms with Crippen LogP contribution in [0.1, 0.15) is 24.5 Å². The van der Waals surface area contributed by atoms with E-state index >= 15 is 0 Å². The molecule has 4 rings (SSSR count). The van der Waals surface area contributed by atoms with Gasteiger partial charge in [-0.15, -0.1) is 0 Å². The summed E-state index contributed by atoms with van der Waals surface area (Å²) >= 11 is 12.3. The van der Waals surface area contributed by atoms with E-state index in [2.05, 4.69) is 5.32 Å². The molecule has 4 aromatic carbocycles. The van der Waals surface area contributed by atoms with Crippen LogP contribution in [0.5, 0.6) is 0 Å². The van der Waals surface area contributed by atoms with Gasteiger partial charge in [-0.1, -0.05) is 90.8 Å². The Morgan fingerprint density at radius 3 is 2.16 bits per heavy atom. The fraction of sp³-hybridized carbons (Fsp3) is 0.212. The van der Waals surface area contributed by atoms with Gasteiger partial charge < -0.3 is 10.2 Å². The quantitative estimate of drug-likeness (QED) is 0.178. The van der Waals surface area contributed by atoms with Crippen molar-refractivity contribution in [2.75, 3.05) is 17.4 Å². The summed E-state index contributed by atoms with van der Waals surface area (Å²) in [7, 11) is -4.33. The number of benzene rings is 4. The van der Waals surface area contributed by atoms with E-state index in [4.69, 9.17) is 23.2 Å². The molecule has 0 radical (unpaired) electrons. The predicted molar refractivity (Wildman–Crippen MR) is 172 cm³/mol. The Balaban J connectivity index is 1.81. The Morgan fingerprint density at radius 1 is 0.864 bits per heavy atom. The number of carbonyl (C=O) groups excluding carboxylic acids is 2. The summed E-state index contributed by atoms with van der Waals surface area (Å²) in [5.74, 6) is -1.78. The van der Waals surface area contributed by atoms with Gasteiger partial charge in [-0.2, -0.15) is 0 Å². The second kappa shape index (κ2) is 15.2. The molecular formula is C33H32Cl2FN3O4S. The zero-order chi connectivity index (χ0) is 31.7. The van der Waals surface area contributed by atoms with Gasteiger partial charge in [0.15, 0.2) is 0 Å². The van der Waals surface area contributed by atoms with Gasteiger partial charge in [-0.3, -0.25) is 13.9 Å². The van der Waals surface area contributed by atoms with Crippen molar-refractivity contribution in [3.63, 3.8) is 0 Å². The smallest absolute Gasteiger partial charge is 0.264 e. The molecule has 0 aliphatic heterocycles. The van der Waals surface area contributed by atoms with Gasteiger partial charge in [0.2, 0.25) is 11.8 Å². The zero-order valence-electron chi connectivity index (χ0n) is 24.0. The number of sulfonamides is 1. The van der Waals surface area contributed by atoms with Crippen LogP contribution >= 0.6 is 23.2 Å². The lowest BCUT2D eigenvalue weighted by Crippen LogP contribution is -2.53. The van der Waals surface area contributed by atoms with E-state index in [1.165, 1.54) is 23.1 Å². The Hall–Kier alpha value is -3.92. The average Bonchev–Trinajstić information content (AvgIpc) is 3.02. The van der Waals surface area contributed by atoms with Crippen molar-refractivity contribution < 1.29 is 22.4 Å². The summed E-state index contributed by atoms with van der Waals surface area (Å²) < 4.78 is 42.9. The number of rotatable bonds is 13. The third-order valence-electron chi connectivity index (χ3n) is 6.86. The number of anilines is 1. The van der Waals surface area contributed by atoms with E-state index in [0.717, 1.165) is 22.0 Å². The number of amides is 2. The van der Waals surface area contributed by atoms with Crippen LogP contribution < -0.4 is 9.62 Å². The van der Waals surface area contributed by atoms with Crippen molar-refractivity contribution in [2.24, 2.45) is 0 Å². The van der Waals surface area contributed by atoms with Crippen molar-refractivity contribution >= 4 is 50.7 Å². The highest BCUT2D eigenvalue weighted by Gasteiger charge is 2.34. The fourth-order valence-electron chi connectivity index (χ4n) is 4.64. The third kappa shape index (κ3) is 8.37. The van der Waals surface area contributed by atoms with E-state index in [-0.39, 0.29) is 34.5 Å². The van der Waals surface area contributed by atoms with E-state index in [1.807, 2.05) is 37.3 Å². The predicted octanol–water partition coefficient (Wildman–Crippen LogP) is 6.49. The molecule has 2 amide bonds. The van der Waals surface area contributed by atoms with Crippen molar-refractivity contribution in [3.8, 4) is 0 Å². The zero-order valence-corrected chi connectivity index (χ0v) is 26.3. The van der Waals surface area contributed by atoms with Crippen molar-refractivity contribution in [1.82, 2.24) is 10.2 Å². The van der Waals surface area contributed by atoms with Gasteiger partial charge in [-0.05, 0) is 60.0 Å². The molecular weight excluding hydrogens is 624 g/mol. The molecule has 0 aliphatic rings. The second-order valence-electron chi connectivity index (χ2n) is 10.1. The molecule has 1 N–H and O–H groups in total. The van der Waals surface area contributed by atoms with Crippen LogP contribution in [0.25, 0.3) is 0 Å².